The number of nitrogens with one attached hydrogen (secondary N) is 1. The first-order chi connectivity index (χ1) is 10.1. The zero-order chi connectivity index (χ0) is 15.2. The summed E-state index contributed by atoms with van der Waals surface area (Å²) >= 11 is 12.2. The van der Waals surface area contributed by atoms with Gasteiger partial charge in [-0.2, -0.15) is 0 Å². The van der Waals surface area contributed by atoms with E-state index in [1.807, 2.05) is 12.1 Å². The van der Waals surface area contributed by atoms with Gasteiger partial charge in [0.1, 0.15) is 0 Å². The van der Waals surface area contributed by atoms with E-state index in [1.54, 1.807) is 6.07 Å². The van der Waals surface area contributed by atoms with Crippen molar-refractivity contribution < 1.29 is 0 Å². The molecule has 1 unspecified atom stereocenters. The molecular formula is C18H21Cl2N. The second-order valence-corrected chi connectivity index (χ2v) is 6.07. The Hall–Kier alpha value is -1.02. The van der Waals surface area contributed by atoms with Gasteiger partial charge in [0.05, 0.1) is 0 Å². The Labute approximate surface area is 137 Å². The van der Waals surface area contributed by atoms with E-state index < -0.39 is 0 Å². The number of halogens is 2. The third-order valence-electron chi connectivity index (χ3n) is 3.53. The Balaban J connectivity index is 2.32. The number of benzene rings is 2. The van der Waals surface area contributed by atoms with Crippen LogP contribution < -0.4 is 5.32 Å². The first-order valence-electron chi connectivity index (χ1n) is 7.43. The molecule has 2 rings (SSSR count). The molecule has 0 radical (unpaired) electrons. The van der Waals surface area contributed by atoms with E-state index in [0.29, 0.717) is 16.1 Å². The van der Waals surface area contributed by atoms with Gasteiger partial charge < -0.3 is 5.32 Å². The summed E-state index contributed by atoms with van der Waals surface area (Å²) in [6, 6.07) is 14.6. The van der Waals surface area contributed by atoms with Crippen molar-refractivity contribution in [3.63, 3.8) is 0 Å². The van der Waals surface area contributed by atoms with Crippen LogP contribution in [0.25, 0.3) is 11.1 Å². The molecule has 0 bridgehead atoms. The second-order valence-electron chi connectivity index (χ2n) is 5.20. The lowest BCUT2D eigenvalue weighted by atomic mass is 9.98. The zero-order valence-electron chi connectivity index (χ0n) is 12.5. The summed E-state index contributed by atoms with van der Waals surface area (Å²) in [4.78, 5) is 0. The Bertz CT molecular complexity index is 575. The lowest BCUT2D eigenvalue weighted by Crippen LogP contribution is -2.21. The van der Waals surface area contributed by atoms with Crippen LogP contribution in [-0.4, -0.2) is 6.54 Å². The van der Waals surface area contributed by atoms with E-state index >= 15 is 0 Å². The van der Waals surface area contributed by atoms with Crippen molar-refractivity contribution in [2.24, 2.45) is 0 Å². The smallest absolute Gasteiger partial charge is 0.0426 e. The van der Waals surface area contributed by atoms with Crippen LogP contribution >= 0.6 is 23.2 Å². The van der Waals surface area contributed by atoms with Gasteiger partial charge in [-0.3, -0.25) is 0 Å². The summed E-state index contributed by atoms with van der Waals surface area (Å²) in [7, 11) is 0. The maximum atomic E-state index is 6.10. The van der Waals surface area contributed by atoms with Crippen molar-refractivity contribution in [3.05, 3.63) is 58.1 Å². The minimum atomic E-state index is 0.388. The topological polar surface area (TPSA) is 12.0 Å². The number of hydrogen-bond donors (Lipinski definition) is 1. The molecule has 1 N–H and O–H groups in total. The fourth-order valence-corrected chi connectivity index (χ4v) is 3.00. The maximum Gasteiger partial charge on any atom is 0.0426 e. The largest absolute Gasteiger partial charge is 0.310 e. The van der Waals surface area contributed by atoms with Gasteiger partial charge in [0.2, 0.25) is 0 Å². The molecule has 21 heavy (non-hydrogen) atoms. The van der Waals surface area contributed by atoms with Gasteiger partial charge in [0, 0.05) is 16.1 Å². The summed E-state index contributed by atoms with van der Waals surface area (Å²) in [6.07, 6.45) is 2.21. The van der Waals surface area contributed by atoms with E-state index in [9.17, 15) is 0 Å². The normalized spacial score (nSPS) is 12.4. The van der Waals surface area contributed by atoms with Crippen LogP contribution in [0, 0.1) is 0 Å². The lowest BCUT2D eigenvalue weighted by Gasteiger charge is -2.18. The van der Waals surface area contributed by atoms with Crippen molar-refractivity contribution in [1.29, 1.82) is 0 Å². The van der Waals surface area contributed by atoms with Gasteiger partial charge in [-0.1, -0.05) is 55.2 Å². The van der Waals surface area contributed by atoms with Crippen molar-refractivity contribution in [2.75, 3.05) is 6.54 Å². The van der Waals surface area contributed by atoms with Gasteiger partial charge in [-0.25, -0.2) is 0 Å². The van der Waals surface area contributed by atoms with E-state index in [1.165, 1.54) is 5.56 Å². The Kier molecular flexibility index (Phi) is 6.10. The molecule has 1 atom stereocenters. The molecule has 2 aromatic carbocycles. The first-order valence-corrected chi connectivity index (χ1v) is 8.19. The van der Waals surface area contributed by atoms with Crippen LogP contribution in [-0.2, 0) is 0 Å². The van der Waals surface area contributed by atoms with Crippen molar-refractivity contribution in [2.45, 2.75) is 32.7 Å². The quantitative estimate of drug-likeness (QED) is 0.676. The van der Waals surface area contributed by atoms with Crippen molar-refractivity contribution in [3.8, 4) is 11.1 Å². The van der Waals surface area contributed by atoms with Gasteiger partial charge >= 0.3 is 0 Å². The van der Waals surface area contributed by atoms with E-state index in [4.69, 9.17) is 23.2 Å². The maximum absolute atomic E-state index is 6.10. The number of rotatable bonds is 6. The molecule has 2 aromatic rings. The minimum absolute atomic E-state index is 0.388. The third-order valence-corrected chi connectivity index (χ3v) is 3.97. The van der Waals surface area contributed by atoms with Crippen LogP contribution in [0.15, 0.2) is 42.5 Å². The van der Waals surface area contributed by atoms with Crippen LogP contribution in [0.5, 0.6) is 0 Å². The molecule has 0 heterocycles. The Morgan fingerprint density at radius 3 is 2.29 bits per heavy atom. The first kappa shape index (κ1) is 16.4. The average Bonchev–Trinajstić information content (AvgIpc) is 2.47. The van der Waals surface area contributed by atoms with Gasteiger partial charge in [-0.15, -0.1) is 0 Å². The molecular weight excluding hydrogens is 301 g/mol. The van der Waals surface area contributed by atoms with E-state index in [-0.39, 0.29) is 0 Å². The highest BCUT2D eigenvalue weighted by Crippen LogP contribution is 2.29. The highest BCUT2D eigenvalue weighted by atomic mass is 35.5. The van der Waals surface area contributed by atoms with E-state index in [0.717, 1.165) is 30.5 Å². The SMILES string of the molecule is CCCNC(CC)c1cccc(-c2cc(Cl)cc(Cl)c2)c1. The van der Waals surface area contributed by atoms with Gasteiger partial charge in [0.25, 0.3) is 0 Å². The summed E-state index contributed by atoms with van der Waals surface area (Å²) in [5.41, 5.74) is 3.51. The molecule has 0 aliphatic heterocycles. The third kappa shape index (κ3) is 4.47. The molecule has 0 amide bonds. The highest BCUT2D eigenvalue weighted by Gasteiger charge is 2.09. The van der Waals surface area contributed by atoms with Crippen LogP contribution in [0.1, 0.15) is 38.3 Å². The average molecular weight is 322 g/mol. The Morgan fingerprint density at radius 2 is 1.67 bits per heavy atom. The molecule has 0 saturated carbocycles. The predicted octanol–water partition coefficient (Wildman–Crippen LogP) is 6.11. The molecule has 0 aliphatic rings. The minimum Gasteiger partial charge on any atom is -0.310 e. The van der Waals surface area contributed by atoms with Crippen molar-refractivity contribution >= 4 is 23.2 Å². The molecule has 112 valence electrons. The van der Waals surface area contributed by atoms with Crippen LogP contribution in [0.4, 0.5) is 0 Å². The molecule has 3 heteroatoms. The molecule has 0 aromatic heterocycles. The fourth-order valence-electron chi connectivity index (χ4n) is 2.47. The second kappa shape index (κ2) is 7.84. The highest BCUT2D eigenvalue weighted by molar-refractivity contribution is 6.35. The number of hydrogen-bond acceptors (Lipinski definition) is 1. The molecule has 0 spiro atoms. The van der Waals surface area contributed by atoms with Gasteiger partial charge in [-0.05, 0) is 60.3 Å². The Morgan fingerprint density at radius 1 is 0.952 bits per heavy atom. The molecule has 0 aliphatic carbocycles. The summed E-state index contributed by atoms with van der Waals surface area (Å²) in [5.74, 6) is 0. The molecule has 0 fully saturated rings. The van der Waals surface area contributed by atoms with Crippen LogP contribution in [0.3, 0.4) is 0 Å². The lowest BCUT2D eigenvalue weighted by molar-refractivity contribution is 0.518. The fraction of sp³-hybridized carbons (Fsp3) is 0.333. The predicted molar refractivity (Wildman–Crippen MR) is 93.2 cm³/mol. The summed E-state index contributed by atoms with van der Waals surface area (Å²) < 4.78 is 0. The summed E-state index contributed by atoms with van der Waals surface area (Å²) in [6.45, 7) is 5.42. The molecule has 1 nitrogen and oxygen atoms in total. The van der Waals surface area contributed by atoms with Gasteiger partial charge in [0.15, 0.2) is 0 Å². The zero-order valence-corrected chi connectivity index (χ0v) is 14.0. The van der Waals surface area contributed by atoms with Crippen LogP contribution in [0.2, 0.25) is 10.0 Å². The standard InChI is InChI=1S/C18H21Cl2N/c1-3-8-21-18(4-2)14-7-5-6-13(9-14)15-10-16(19)12-17(20)11-15/h5-7,9-12,18,21H,3-4,8H2,1-2H3. The van der Waals surface area contributed by atoms with Crippen molar-refractivity contribution in [1.82, 2.24) is 5.32 Å². The molecule has 0 saturated heterocycles. The monoisotopic (exact) mass is 321 g/mol. The van der Waals surface area contributed by atoms with E-state index in [2.05, 4.69) is 43.4 Å². The summed E-state index contributed by atoms with van der Waals surface area (Å²) in [5, 5.41) is 4.92.